The molecule has 3 rings (SSSR count). The van der Waals surface area contributed by atoms with Gasteiger partial charge in [-0.3, -0.25) is 4.79 Å². The minimum absolute atomic E-state index is 0.0620. The van der Waals surface area contributed by atoms with Crippen LogP contribution in [0.5, 0.6) is 11.5 Å². The summed E-state index contributed by atoms with van der Waals surface area (Å²) < 4.78 is 11.2. The quantitative estimate of drug-likeness (QED) is 0.880. The number of carbonyl (C=O) groups is 1. The highest BCUT2D eigenvalue weighted by Gasteiger charge is 2.14. The Morgan fingerprint density at radius 2 is 2.05 bits per heavy atom. The normalized spacial score (nSPS) is 14.3. The lowest BCUT2D eigenvalue weighted by Gasteiger charge is -2.05. The number of hydrogen-bond acceptors (Lipinski definition) is 4. The average molecular weight is 262 g/mol. The van der Waals surface area contributed by atoms with Crippen LogP contribution in [0.4, 0.5) is 0 Å². The van der Waals surface area contributed by atoms with Gasteiger partial charge in [0.25, 0.3) is 0 Å². The minimum atomic E-state index is -0.831. The molecule has 0 spiro atoms. The van der Waals surface area contributed by atoms with Gasteiger partial charge in [-0.15, -0.1) is 0 Å². The number of aliphatic carboxylic acids is 1. The first kappa shape index (κ1) is 11.8. The Balaban J connectivity index is 1.92. The number of rotatable bonds is 3. The molecule has 6 heteroatoms. The molecule has 2 N–H and O–H groups in total. The molecule has 19 heavy (non-hydrogen) atoms. The number of nitrogens with zero attached hydrogens (tertiary/aromatic N) is 1. The van der Waals surface area contributed by atoms with Gasteiger partial charge in [-0.1, -0.05) is 0 Å². The third kappa shape index (κ3) is 2.47. The van der Waals surface area contributed by atoms with E-state index in [1.807, 2.05) is 12.1 Å². The molecule has 0 saturated carbocycles. The summed E-state index contributed by atoms with van der Waals surface area (Å²) in [6, 6.07) is 3.68. The highest BCUT2D eigenvalue weighted by Crippen LogP contribution is 2.33. The fourth-order valence-corrected chi connectivity index (χ4v) is 2.06. The summed E-state index contributed by atoms with van der Waals surface area (Å²) in [5.74, 6) is 1.24. The van der Waals surface area contributed by atoms with Crippen molar-refractivity contribution < 1.29 is 19.4 Å². The number of carboxylic acids is 1. The second-order valence-electron chi connectivity index (χ2n) is 4.44. The van der Waals surface area contributed by atoms with Gasteiger partial charge in [-0.2, -0.15) is 0 Å². The van der Waals surface area contributed by atoms with Gasteiger partial charge < -0.3 is 19.6 Å². The average Bonchev–Trinajstić information content (AvgIpc) is 2.63. The molecular formula is C13H14N2O4. The van der Waals surface area contributed by atoms with Crippen LogP contribution in [0.2, 0.25) is 0 Å². The van der Waals surface area contributed by atoms with Crippen LogP contribution in [-0.4, -0.2) is 34.3 Å². The largest absolute Gasteiger partial charge is 0.489 e. The maximum absolute atomic E-state index is 10.6. The first-order valence-electron chi connectivity index (χ1n) is 6.22. The Hall–Kier alpha value is -2.24. The molecule has 2 aromatic rings. The summed E-state index contributed by atoms with van der Waals surface area (Å²) in [7, 11) is 0. The summed E-state index contributed by atoms with van der Waals surface area (Å²) in [4.78, 5) is 18.0. The zero-order chi connectivity index (χ0) is 13.2. The van der Waals surface area contributed by atoms with Crippen molar-refractivity contribution in [1.29, 1.82) is 0 Å². The van der Waals surface area contributed by atoms with Crippen LogP contribution in [0, 0.1) is 0 Å². The second-order valence-corrected chi connectivity index (χ2v) is 4.44. The summed E-state index contributed by atoms with van der Waals surface area (Å²) in [5.41, 5.74) is 1.61. The number of aromatic amines is 1. The van der Waals surface area contributed by atoms with Gasteiger partial charge in [0, 0.05) is 25.0 Å². The molecule has 6 nitrogen and oxygen atoms in total. The first-order valence-corrected chi connectivity index (χ1v) is 6.22. The molecule has 2 heterocycles. The Morgan fingerprint density at radius 3 is 2.79 bits per heavy atom. The molecule has 0 saturated heterocycles. The smallest absolute Gasteiger partial charge is 0.303 e. The summed E-state index contributed by atoms with van der Waals surface area (Å²) in [6.07, 6.45) is 1.31. The van der Waals surface area contributed by atoms with Crippen LogP contribution < -0.4 is 9.47 Å². The summed E-state index contributed by atoms with van der Waals surface area (Å²) in [5, 5.41) is 8.67. The molecule has 1 aromatic heterocycles. The third-order valence-electron chi connectivity index (χ3n) is 2.98. The minimum Gasteiger partial charge on any atom is -0.489 e. The van der Waals surface area contributed by atoms with Crippen molar-refractivity contribution in [2.24, 2.45) is 0 Å². The van der Waals surface area contributed by atoms with Crippen LogP contribution in [0.25, 0.3) is 11.0 Å². The lowest BCUT2D eigenvalue weighted by atomic mass is 10.3. The molecule has 1 aromatic carbocycles. The molecule has 1 aliphatic rings. The van der Waals surface area contributed by atoms with E-state index in [-0.39, 0.29) is 6.42 Å². The van der Waals surface area contributed by atoms with Gasteiger partial charge in [0.1, 0.15) is 5.82 Å². The van der Waals surface area contributed by atoms with E-state index in [0.29, 0.717) is 37.0 Å². The molecule has 0 aliphatic carbocycles. The lowest BCUT2D eigenvalue weighted by molar-refractivity contribution is -0.137. The monoisotopic (exact) mass is 262 g/mol. The zero-order valence-corrected chi connectivity index (χ0v) is 10.3. The molecule has 0 atom stereocenters. The van der Waals surface area contributed by atoms with Crippen molar-refractivity contribution in [2.45, 2.75) is 19.3 Å². The Bertz CT molecular complexity index is 577. The van der Waals surface area contributed by atoms with Crippen LogP contribution in [-0.2, 0) is 11.2 Å². The van der Waals surface area contributed by atoms with E-state index in [0.717, 1.165) is 17.5 Å². The Kier molecular flexibility index (Phi) is 2.98. The fourth-order valence-electron chi connectivity index (χ4n) is 2.06. The zero-order valence-electron chi connectivity index (χ0n) is 10.3. The summed E-state index contributed by atoms with van der Waals surface area (Å²) in [6.45, 7) is 1.27. The van der Waals surface area contributed by atoms with Crippen molar-refractivity contribution in [3.63, 3.8) is 0 Å². The van der Waals surface area contributed by atoms with Crippen molar-refractivity contribution in [3.05, 3.63) is 18.0 Å². The molecular weight excluding hydrogens is 248 g/mol. The lowest BCUT2D eigenvalue weighted by Crippen LogP contribution is -1.98. The van der Waals surface area contributed by atoms with E-state index < -0.39 is 5.97 Å². The van der Waals surface area contributed by atoms with Gasteiger partial charge in [-0.25, -0.2) is 4.98 Å². The van der Waals surface area contributed by atoms with Gasteiger partial charge in [0.15, 0.2) is 11.5 Å². The van der Waals surface area contributed by atoms with Crippen molar-refractivity contribution in [3.8, 4) is 11.5 Å². The molecule has 0 fully saturated rings. The summed E-state index contributed by atoms with van der Waals surface area (Å²) >= 11 is 0. The van der Waals surface area contributed by atoms with E-state index in [2.05, 4.69) is 9.97 Å². The van der Waals surface area contributed by atoms with E-state index in [4.69, 9.17) is 14.6 Å². The predicted octanol–water partition coefficient (Wildman–Crippen LogP) is 1.74. The van der Waals surface area contributed by atoms with Gasteiger partial charge >= 0.3 is 5.97 Å². The number of benzene rings is 1. The number of carboxylic acid groups (broad SMARTS) is 1. The van der Waals surface area contributed by atoms with Crippen LogP contribution in [0.3, 0.4) is 0 Å². The van der Waals surface area contributed by atoms with E-state index >= 15 is 0 Å². The molecule has 100 valence electrons. The molecule has 0 amide bonds. The van der Waals surface area contributed by atoms with E-state index in [1.165, 1.54) is 0 Å². The number of ether oxygens (including phenoxy) is 2. The van der Waals surface area contributed by atoms with Crippen molar-refractivity contribution in [1.82, 2.24) is 9.97 Å². The van der Waals surface area contributed by atoms with Crippen molar-refractivity contribution >= 4 is 17.0 Å². The molecule has 1 aliphatic heterocycles. The standard InChI is InChI=1S/C13H14N2O4/c16-13(17)3-2-12-14-8-6-10-11(7-9(8)15-12)19-5-1-4-18-10/h6-7H,1-5H2,(H,14,15)(H,16,17). The Morgan fingerprint density at radius 1 is 1.32 bits per heavy atom. The van der Waals surface area contributed by atoms with E-state index in [9.17, 15) is 4.79 Å². The Labute approximate surface area is 109 Å². The van der Waals surface area contributed by atoms with Crippen LogP contribution in [0.15, 0.2) is 12.1 Å². The number of fused-ring (bicyclic) bond motifs is 2. The highest BCUT2D eigenvalue weighted by molar-refractivity contribution is 5.80. The SMILES string of the molecule is O=C(O)CCc1nc2cc3c(cc2[nH]1)OCCCO3. The highest BCUT2D eigenvalue weighted by atomic mass is 16.5. The maximum atomic E-state index is 10.6. The fraction of sp³-hybridized carbons (Fsp3) is 0.385. The van der Waals surface area contributed by atoms with E-state index in [1.54, 1.807) is 0 Å². The van der Waals surface area contributed by atoms with Crippen molar-refractivity contribution in [2.75, 3.05) is 13.2 Å². The number of imidazole rings is 1. The van der Waals surface area contributed by atoms with Gasteiger partial charge in [0.05, 0.1) is 30.7 Å². The number of hydrogen-bond donors (Lipinski definition) is 2. The van der Waals surface area contributed by atoms with Gasteiger partial charge in [-0.05, 0) is 0 Å². The second kappa shape index (κ2) is 4.79. The molecule has 0 radical (unpaired) electrons. The van der Waals surface area contributed by atoms with Crippen LogP contribution >= 0.6 is 0 Å². The first-order chi connectivity index (χ1) is 9.22. The topological polar surface area (TPSA) is 84.4 Å². The maximum Gasteiger partial charge on any atom is 0.303 e. The predicted molar refractivity (Wildman–Crippen MR) is 67.7 cm³/mol. The molecule has 0 bridgehead atoms. The number of nitrogens with one attached hydrogen (secondary N) is 1. The van der Waals surface area contributed by atoms with Gasteiger partial charge in [0.2, 0.25) is 0 Å². The number of aromatic nitrogens is 2. The van der Waals surface area contributed by atoms with Crippen LogP contribution in [0.1, 0.15) is 18.7 Å². The third-order valence-corrected chi connectivity index (χ3v) is 2.98. The molecule has 0 unspecified atom stereocenters. The number of aryl methyl sites for hydroxylation is 1. The number of H-pyrrole nitrogens is 1.